The number of oxazole rings is 1. The maximum absolute atomic E-state index is 5.94. The zero-order valence-corrected chi connectivity index (χ0v) is 13.8. The van der Waals surface area contributed by atoms with E-state index in [4.69, 9.17) is 28.2 Å². The van der Waals surface area contributed by atoms with Crippen LogP contribution in [0.1, 0.15) is 0 Å². The summed E-state index contributed by atoms with van der Waals surface area (Å²) in [5.41, 5.74) is 3.97. The van der Waals surface area contributed by atoms with E-state index in [-0.39, 0.29) is 0 Å². The summed E-state index contributed by atoms with van der Waals surface area (Å²) >= 11 is 11.1. The van der Waals surface area contributed by atoms with Gasteiger partial charge in [-0.25, -0.2) is 0 Å². The van der Waals surface area contributed by atoms with Crippen LogP contribution in [0.25, 0.3) is 22.6 Å². The van der Waals surface area contributed by atoms with Gasteiger partial charge in [0.1, 0.15) is 0 Å². The Morgan fingerprint density at radius 1 is 0.955 bits per heavy atom. The molecule has 0 spiro atoms. The largest absolute Gasteiger partial charge is 0.429 e. The molecule has 0 unspecified atom stereocenters. The summed E-state index contributed by atoms with van der Waals surface area (Å²) in [5.74, 6) is 0.722. The summed E-state index contributed by atoms with van der Waals surface area (Å²) in [4.78, 5) is 5.54. The molecule has 112 valence electrons. The molecule has 1 aromatic heterocycles. The lowest BCUT2D eigenvalue weighted by molar-refractivity contribution is 0.554. The van der Waals surface area contributed by atoms with Gasteiger partial charge in [0, 0.05) is 35.9 Å². The van der Waals surface area contributed by atoms with E-state index in [1.165, 1.54) is 0 Å². The molecule has 0 saturated heterocycles. The topological polar surface area (TPSA) is 32.2 Å². The fourth-order valence-corrected chi connectivity index (χ4v) is 2.57. The third-order valence-corrected chi connectivity index (χ3v) is 3.87. The zero-order chi connectivity index (χ0) is 15.7. The molecule has 0 aliphatic rings. The lowest BCUT2D eigenvalue weighted by Gasteiger charge is -2.12. The molecule has 22 heavy (non-hydrogen) atoms. The second kappa shape index (κ2) is 5.99. The molecule has 0 aliphatic carbocycles. The average molecular weight is 331 g/mol. The third kappa shape index (κ3) is 2.93. The number of hydrogen-bond acceptors (Lipinski definition) is 3. The van der Waals surface area contributed by atoms with Gasteiger partial charge in [0.15, 0.2) is 5.76 Å². The highest BCUT2D eigenvalue weighted by Gasteiger charge is 2.13. The summed E-state index contributed by atoms with van der Waals surface area (Å²) in [6.07, 6.45) is 0. The highest BCUT2D eigenvalue weighted by molar-refractivity contribution is 7.71. The minimum atomic E-state index is 0.358. The quantitative estimate of drug-likeness (QED) is 0.653. The fourth-order valence-electron chi connectivity index (χ4n) is 2.26. The Hall–Kier alpha value is -2.04. The SMILES string of the molecule is CN(C)c1ccc(-c2[nH]c(=S)oc2-c2ccc(Cl)cc2)cc1. The van der Waals surface area contributed by atoms with Gasteiger partial charge in [-0.05, 0) is 48.6 Å². The Kier molecular flexibility index (Phi) is 4.05. The smallest absolute Gasteiger partial charge is 0.266 e. The molecule has 3 aromatic rings. The Labute approximate surface area is 139 Å². The number of aromatic amines is 1. The number of nitrogens with one attached hydrogen (secondary N) is 1. The maximum Gasteiger partial charge on any atom is 0.266 e. The van der Waals surface area contributed by atoms with Crippen LogP contribution in [0.4, 0.5) is 5.69 Å². The Bertz CT molecular complexity index is 832. The maximum atomic E-state index is 5.94. The van der Waals surface area contributed by atoms with Crippen LogP contribution in [0.2, 0.25) is 5.02 Å². The van der Waals surface area contributed by atoms with Gasteiger partial charge in [0.2, 0.25) is 0 Å². The molecule has 0 atom stereocenters. The first-order valence-corrected chi connectivity index (χ1v) is 7.60. The summed E-state index contributed by atoms with van der Waals surface area (Å²) in [5, 5.41) is 0.690. The van der Waals surface area contributed by atoms with Gasteiger partial charge in [0.25, 0.3) is 4.84 Å². The summed E-state index contributed by atoms with van der Waals surface area (Å²) in [7, 11) is 4.03. The van der Waals surface area contributed by atoms with E-state index in [0.717, 1.165) is 28.3 Å². The van der Waals surface area contributed by atoms with Gasteiger partial charge in [-0.1, -0.05) is 23.7 Å². The van der Waals surface area contributed by atoms with Crippen molar-refractivity contribution >= 4 is 29.5 Å². The van der Waals surface area contributed by atoms with E-state index in [2.05, 4.69) is 22.0 Å². The highest BCUT2D eigenvalue weighted by atomic mass is 35.5. The second-order valence-corrected chi connectivity index (χ2v) is 5.97. The third-order valence-electron chi connectivity index (χ3n) is 3.43. The first-order valence-electron chi connectivity index (χ1n) is 6.81. The number of hydrogen-bond donors (Lipinski definition) is 1. The standard InChI is InChI=1S/C17H15ClN2OS/c1-20(2)14-9-5-11(6-10-14)15-16(21-17(22)19-15)12-3-7-13(18)8-4-12/h3-10H,1-2H3,(H,19,22). The van der Waals surface area contributed by atoms with Gasteiger partial charge in [-0.3, -0.25) is 0 Å². The van der Waals surface area contributed by atoms with Crippen LogP contribution in [0.3, 0.4) is 0 Å². The number of aromatic nitrogens is 1. The van der Waals surface area contributed by atoms with Crippen molar-refractivity contribution in [3.63, 3.8) is 0 Å². The summed E-state index contributed by atoms with van der Waals surface area (Å²) < 4.78 is 5.68. The second-order valence-electron chi connectivity index (χ2n) is 5.17. The van der Waals surface area contributed by atoms with Crippen molar-refractivity contribution in [1.29, 1.82) is 0 Å². The predicted molar refractivity (Wildman–Crippen MR) is 94.1 cm³/mol. The average Bonchev–Trinajstić information content (AvgIpc) is 2.90. The monoisotopic (exact) mass is 330 g/mol. The number of halogens is 1. The predicted octanol–water partition coefficient (Wildman–Crippen LogP) is 5.39. The molecule has 0 saturated carbocycles. The highest BCUT2D eigenvalue weighted by Crippen LogP contribution is 2.33. The van der Waals surface area contributed by atoms with Crippen LogP contribution >= 0.6 is 23.8 Å². The van der Waals surface area contributed by atoms with E-state index in [9.17, 15) is 0 Å². The van der Waals surface area contributed by atoms with E-state index in [0.29, 0.717) is 9.86 Å². The van der Waals surface area contributed by atoms with Crippen molar-refractivity contribution in [2.75, 3.05) is 19.0 Å². The van der Waals surface area contributed by atoms with Gasteiger partial charge in [-0.15, -0.1) is 0 Å². The van der Waals surface area contributed by atoms with Crippen LogP contribution < -0.4 is 4.90 Å². The van der Waals surface area contributed by atoms with Gasteiger partial charge in [0.05, 0.1) is 5.69 Å². The minimum absolute atomic E-state index is 0.358. The van der Waals surface area contributed by atoms with Crippen molar-refractivity contribution in [2.24, 2.45) is 0 Å². The van der Waals surface area contributed by atoms with Crippen LogP contribution in [0.15, 0.2) is 52.9 Å². The molecule has 3 rings (SSSR count). The Morgan fingerprint density at radius 2 is 1.55 bits per heavy atom. The number of benzene rings is 2. The molecular formula is C17H15ClN2OS. The molecule has 2 aromatic carbocycles. The van der Waals surface area contributed by atoms with E-state index in [1.54, 1.807) is 0 Å². The zero-order valence-electron chi connectivity index (χ0n) is 12.3. The van der Waals surface area contributed by atoms with Crippen molar-refractivity contribution in [3.05, 3.63) is 58.4 Å². The summed E-state index contributed by atoms with van der Waals surface area (Å²) in [6.45, 7) is 0. The normalized spacial score (nSPS) is 10.7. The Morgan fingerprint density at radius 3 is 2.14 bits per heavy atom. The molecule has 0 amide bonds. The van der Waals surface area contributed by atoms with Gasteiger partial charge >= 0.3 is 0 Å². The molecule has 5 heteroatoms. The molecule has 0 aliphatic heterocycles. The van der Waals surface area contributed by atoms with E-state index >= 15 is 0 Å². The van der Waals surface area contributed by atoms with Gasteiger partial charge < -0.3 is 14.3 Å². The number of anilines is 1. The lowest BCUT2D eigenvalue weighted by Crippen LogP contribution is -2.07. The van der Waals surface area contributed by atoms with E-state index < -0.39 is 0 Å². The first kappa shape index (κ1) is 14.9. The first-order chi connectivity index (χ1) is 10.5. The van der Waals surface area contributed by atoms with Crippen molar-refractivity contribution < 1.29 is 4.42 Å². The van der Waals surface area contributed by atoms with Crippen LogP contribution in [0, 0.1) is 4.84 Å². The van der Waals surface area contributed by atoms with Crippen molar-refractivity contribution in [2.45, 2.75) is 0 Å². The van der Waals surface area contributed by atoms with E-state index in [1.807, 2.05) is 50.5 Å². The Balaban J connectivity index is 2.08. The minimum Gasteiger partial charge on any atom is -0.429 e. The molecule has 0 bridgehead atoms. The number of H-pyrrole nitrogens is 1. The van der Waals surface area contributed by atoms with Crippen LogP contribution in [0.5, 0.6) is 0 Å². The van der Waals surface area contributed by atoms with Gasteiger partial charge in [-0.2, -0.15) is 0 Å². The molecule has 1 N–H and O–H groups in total. The van der Waals surface area contributed by atoms with Crippen molar-refractivity contribution in [1.82, 2.24) is 4.98 Å². The molecule has 3 nitrogen and oxygen atoms in total. The van der Waals surface area contributed by atoms with Crippen molar-refractivity contribution in [3.8, 4) is 22.6 Å². The van der Waals surface area contributed by atoms with Crippen LogP contribution in [-0.2, 0) is 0 Å². The summed E-state index contributed by atoms with van der Waals surface area (Å²) in [6, 6.07) is 15.7. The number of nitrogens with zero attached hydrogens (tertiary/aromatic N) is 1. The molecule has 1 heterocycles. The molecular weight excluding hydrogens is 316 g/mol. The molecule has 0 radical (unpaired) electrons. The molecule has 0 fully saturated rings. The fraction of sp³-hybridized carbons (Fsp3) is 0.118. The number of rotatable bonds is 3. The lowest BCUT2D eigenvalue weighted by atomic mass is 10.1. The van der Waals surface area contributed by atoms with Crippen LogP contribution in [-0.4, -0.2) is 19.1 Å².